The molecule has 68 valence electrons. The van der Waals surface area contributed by atoms with Crippen molar-refractivity contribution in [1.82, 2.24) is 0 Å². The fourth-order valence-electron chi connectivity index (χ4n) is 1.57. The van der Waals surface area contributed by atoms with Gasteiger partial charge in [0.1, 0.15) is 5.92 Å². The van der Waals surface area contributed by atoms with E-state index in [-0.39, 0.29) is 6.54 Å². The first kappa shape index (κ1) is 8.04. The van der Waals surface area contributed by atoms with Gasteiger partial charge in [0.15, 0.2) is 0 Å². The minimum Gasteiger partial charge on any atom is -0.481 e. The predicted octanol–water partition coefficient (Wildman–Crippen LogP) is 1.56. The van der Waals surface area contributed by atoms with Gasteiger partial charge in [-0.2, -0.15) is 0 Å². The van der Waals surface area contributed by atoms with Crippen LogP contribution in [0, 0.1) is 0 Å². The Kier molecular flexibility index (Phi) is 1.69. The van der Waals surface area contributed by atoms with E-state index in [4.69, 9.17) is 5.11 Å². The highest BCUT2D eigenvalue weighted by molar-refractivity contribution is 5.82. The molecule has 4 heteroatoms. The second-order valence-electron chi connectivity index (χ2n) is 2.99. The van der Waals surface area contributed by atoms with Crippen LogP contribution in [-0.2, 0) is 4.79 Å². The molecule has 1 aliphatic rings. The first-order valence-electron chi connectivity index (χ1n) is 3.95. The highest BCUT2D eigenvalue weighted by Gasteiger charge is 2.33. The maximum absolute atomic E-state index is 13.1. The molecule has 2 rings (SSSR count). The van der Waals surface area contributed by atoms with Crippen LogP contribution < -0.4 is 5.12 Å². The zero-order valence-electron chi connectivity index (χ0n) is 6.77. The summed E-state index contributed by atoms with van der Waals surface area (Å²) < 4.78 is 13.1. The molecule has 0 aliphatic carbocycles. The van der Waals surface area contributed by atoms with Crippen LogP contribution in [0.1, 0.15) is 11.5 Å². The third kappa shape index (κ3) is 1.14. The fourth-order valence-corrected chi connectivity index (χ4v) is 1.57. The third-order valence-electron chi connectivity index (χ3n) is 2.21. The molecule has 1 aromatic carbocycles. The van der Waals surface area contributed by atoms with E-state index in [9.17, 15) is 9.28 Å². The van der Waals surface area contributed by atoms with Crippen LogP contribution >= 0.6 is 0 Å². The quantitative estimate of drug-likeness (QED) is 0.668. The smallest absolute Gasteiger partial charge is 0.312 e. The zero-order valence-corrected chi connectivity index (χ0v) is 6.77. The van der Waals surface area contributed by atoms with Crippen LogP contribution in [0.2, 0.25) is 0 Å². The molecule has 13 heavy (non-hydrogen) atoms. The number of rotatable bonds is 1. The van der Waals surface area contributed by atoms with Gasteiger partial charge < -0.3 is 5.11 Å². The highest BCUT2D eigenvalue weighted by Crippen LogP contribution is 2.36. The summed E-state index contributed by atoms with van der Waals surface area (Å²) in [5, 5.41) is 9.26. The second kappa shape index (κ2) is 2.73. The Labute approximate surface area is 74.3 Å². The Balaban J connectivity index is 2.47. The first-order chi connectivity index (χ1) is 6.20. The van der Waals surface area contributed by atoms with Crippen molar-refractivity contribution in [1.29, 1.82) is 0 Å². The number of halogens is 1. The lowest BCUT2D eigenvalue weighted by atomic mass is 10.0. The molecule has 1 atom stereocenters. The standard InChI is InChI=1S/C9H8FNO2/c10-11-5-7(9(12)13)6-3-1-2-4-8(6)11/h1-4,7H,5H2,(H,12,13). The number of fused-ring (bicyclic) bond motifs is 1. The third-order valence-corrected chi connectivity index (χ3v) is 2.21. The van der Waals surface area contributed by atoms with Gasteiger partial charge in [0.2, 0.25) is 0 Å². The van der Waals surface area contributed by atoms with Crippen molar-refractivity contribution in [2.45, 2.75) is 5.92 Å². The summed E-state index contributed by atoms with van der Waals surface area (Å²) >= 11 is 0. The molecule has 1 unspecified atom stereocenters. The maximum Gasteiger partial charge on any atom is 0.312 e. The number of hydrogen-bond donors (Lipinski definition) is 1. The number of aliphatic carboxylic acids is 1. The molecule has 1 aromatic rings. The number of nitrogens with zero attached hydrogens (tertiary/aromatic N) is 1. The van der Waals surface area contributed by atoms with Crippen molar-refractivity contribution in [3.63, 3.8) is 0 Å². The predicted molar refractivity (Wildman–Crippen MR) is 45.3 cm³/mol. The van der Waals surface area contributed by atoms with Crippen molar-refractivity contribution in [3.8, 4) is 0 Å². The number of hydrogen-bond acceptors (Lipinski definition) is 2. The van der Waals surface area contributed by atoms with Crippen LogP contribution in [-0.4, -0.2) is 17.6 Å². The lowest BCUT2D eigenvalue weighted by Gasteiger charge is -2.03. The first-order valence-corrected chi connectivity index (χ1v) is 3.95. The molecule has 0 saturated carbocycles. The van der Waals surface area contributed by atoms with E-state index in [1.54, 1.807) is 24.3 Å². The number of benzene rings is 1. The van der Waals surface area contributed by atoms with Crippen LogP contribution in [0.4, 0.5) is 10.2 Å². The monoisotopic (exact) mass is 181 g/mol. The van der Waals surface area contributed by atoms with Crippen molar-refractivity contribution < 1.29 is 14.4 Å². The molecule has 1 heterocycles. The Hall–Kier alpha value is -1.58. The van der Waals surface area contributed by atoms with Gasteiger partial charge >= 0.3 is 5.97 Å². The zero-order chi connectivity index (χ0) is 9.42. The Morgan fingerprint density at radius 1 is 1.54 bits per heavy atom. The van der Waals surface area contributed by atoms with Gasteiger partial charge in [0, 0.05) is 0 Å². The molecular weight excluding hydrogens is 173 g/mol. The molecular formula is C9H8FNO2. The second-order valence-corrected chi connectivity index (χ2v) is 2.99. The summed E-state index contributed by atoms with van der Waals surface area (Å²) in [6.45, 7) is -0.0886. The topological polar surface area (TPSA) is 40.5 Å². The molecule has 0 bridgehead atoms. The van der Waals surface area contributed by atoms with E-state index in [2.05, 4.69) is 0 Å². The largest absolute Gasteiger partial charge is 0.481 e. The van der Waals surface area contributed by atoms with Crippen molar-refractivity contribution in [2.24, 2.45) is 0 Å². The SMILES string of the molecule is O=C(O)C1CN(F)c2ccccc21. The highest BCUT2D eigenvalue weighted by atomic mass is 19.2. The van der Waals surface area contributed by atoms with Gasteiger partial charge in [0.05, 0.1) is 12.2 Å². The molecule has 0 aromatic heterocycles. The van der Waals surface area contributed by atoms with Crippen LogP contribution in [0.3, 0.4) is 0 Å². The average Bonchev–Trinajstić information content (AvgIpc) is 2.45. The van der Waals surface area contributed by atoms with E-state index in [1.807, 2.05) is 0 Å². The summed E-state index contributed by atoms with van der Waals surface area (Å²) in [7, 11) is 0. The minimum absolute atomic E-state index is 0.0886. The number of carboxylic acid groups (broad SMARTS) is 1. The summed E-state index contributed by atoms with van der Waals surface area (Å²) in [6, 6.07) is 6.63. The van der Waals surface area contributed by atoms with Gasteiger partial charge in [-0.25, -0.2) is 5.12 Å². The van der Waals surface area contributed by atoms with Crippen molar-refractivity contribution in [2.75, 3.05) is 11.7 Å². The molecule has 0 fully saturated rings. The Morgan fingerprint density at radius 2 is 2.23 bits per heavy atom. The van der Waals surface area contributed by atoms with Crippen LogP contribution in [0.25, 0.3) is 0 Å². The van der Waals surface area contributed by atoms with Gasteiger partial charge in [-0.05, 0) is 11.6 Å². The lowest BCUT2D eigenvalue weighted by Crippen LogP contribution is -2.17. The molecule has 1 N–H and O–H groups in total. The molecule has 0 saturated heterocycles. The van der Waals surface area contributed by atoms with E-state index >= 15 is 0 Å². The minimum atomic E-state index is -0.979. The van der Waals surface area contributed by atoms with E-state index in [0.717, 1.165) is 0 Å². The van der Waals surface area contributed by atoms with Gasteiger partial charge in [-0.1, -0.05) is 22.7 Å². The van der Waals surface area contributed by atoms with Gasteiger partial charge in [-0.15, -0.1) is 0 Å². The van der Waals surface area contributed by atoms with E-state index < -0.39 is 11.9 Å². The van der Waals surface area contributed by atoms with Gasteiger partial charge in [0.25, 0.3) is 0 Å². The van der Waals surface area contributed by atoms with Crippen molar-refractivity contribution in [3.05, 3.63) is 29.8 Å². The Morgan fingerprint density at radius 3 is 2.92 bits per heavy atom. The number of anilines is 1. The van der Waals surface area contributed by atoms with Crippen molar-refractivity contribution >= 4 is 11.7 Å². The van der Waals surface area contributed by atoms with Crippen LogP contribution in [0.15, 0.2) is 24.3 Å². The summed E-state index contributed by atoms with van der Waals surface area (Å²) in [5.74, 6) is -1.71. The molecule has 0 radical (unpaired) electrons. The Bertz CT molecular complexity index is 353. The molecule has 3 nitrogen and oxygen atoms in total. The van der Waals surface area contributed by atoms with Gasteiger partial charge in [-0.3, -0.25) is 4.79 Å². The molecule has 1 aliphatic heterocycles. The molecule has 0 amide bonds. The molecule has 0 spiro atoms. The fraction of sp³-hybridized carbons (Fsp3) is 0.222. The normalized spacial score (nSPS) is 20.1. The van der Waals surface area contributed by atoms with Crippen LogP contribution in [0.5, 0.6) is 0 Å². The van der Waals surface area contributed by atoms with E-state index in [0.29, 0.717) is 16.4 Å². The number of carbonyl (C=O) groups is 1. The average molecular weight is 181 g/mol. The summed E-state index contributed by atoms with van der Waals surface area (Å²) in [4.78, 5) is 10.7. The summed E-state index contributed by atoms with van der Waals surface area (Å²) in [5.41, 5.74) is 0.924. The maximum atomic E-state index is 13.1. The summed E-state index contributed by atoms with van der Waals surface area (Å²) in [6.07, 6.45) is 0. The number of carboxylic acids is 1. The van der Waals surface area contributed by atoms with E-state index in [1.165, 1.54) is 0 Å². The number of para-hydroxylation sites is 1. The lowest BCUT2D eigenvalue weighted by molar-refractivity contribution is -0.138.